The summed E-state index contributed by atoms with van der Waals surface area (Å²) in [4.78, 5) is 34.0. The monoisotopic (exact) mass is 410 g/mol. The smallest absolute Gasteiger partial charge is 0.230 e. The number of hydrogen-bond donors (Lipinski definition) is 1. The zero-order valence-corrected chi connectivity index (χ0v) is 18.1. The third-order valence-electron chi connectivity index (χ3n) is 5.45. The highest BCUT2D eigenvalue weighted by molar-refractivity contribution is 5.98. The minimum Gasteiger partial charge on any atom is -0.497 e. The van der Waals surface area contributed by atoms with E-state index in [1.165, 1.54) is 0 Å². The fraction of sp³-hybridized carbons (Fsp3) is 0.435. The SMILES string of the molecule is CCCCN1C(=O)CC(C(=O)Nc2ccc(N(C)C)nc2)C1c1ccc(OC)cc1. The first-order chi connectivity index (χ1) is 14.4. The topological polar surface area (TPSA) is 74.8 Å². The Morgan fingerprint density at radius 1 is 1.23 bits per heavy atom. The number of amides is 2. The molecular formula is C23H30N4O3. The van der Waals surface area contributed by atoms with Crippen molar-refractivity contribution >= 4 is 23.3 Å². The van der Waals surface area contributed by atoms with Crippen molar-refractivity contribution in [2.45, 2.75) is 32.2 Å². The third-order valence-corrected chi connectivity index (χ3v) is 5.45. The number of aromatic nitrogens is 1. The van der Waals surface area contributed by atoms with Crippen LogP contribution >= 0.6 is 0 Å². The van der Waals surface area contributed by atoms with Crippen LogP contribution < -0.4 is 15.0 Å². The Balaban J connectivity index is 1.83. The molecule has 7 nitrogen and oxygen atoms in total. The van der Waals surface area contributed by atoms with Crippen LogP contribution in [0.25, 0.3) is 0 Å². The summed E-state index contributed by atoms with van der Waals surface area (Å²) in [5.41, 5.74) is 1.57. The number of nitrogens with zero attached hydrogens (tertiary/aromatic N) is 3. The molecule has 1 fully saturated rings. The summed E-state index contributed by atoms with van der Waals surface area (Å²) in [5.74, 6) is 0.950. The first-order valence-electron chi connectivity index (χ1n) is 10.3. The summed E-state index contributed by atoms with van der Waals surface area (Å²) in [5, 5.41) is 2.95. The summed E-state index contributed by atoms with van der Waals surface area (Å²) >= 11 is 0. The number of carbonyl (C=O) groups is 2. The maximum Gasteiger partial charge on any atom is 0.230 e. The van der Waals surface area contributed by atoms with Gasteiger partial charge >= 0.3 is 0 Å². The highest BCUT2D eigenvalue weighted by Crippen LogP contribution is 2.39. The van der Waals surface area contributed by atoms with Crippen molar-refractivity contribution in [3.05, 3.63) is 48.2 Å². The van der Waals surface area contributed by atoms with Gasteiger partial charge < -0.3 is 19.9 Å². The van der Waals surface area contributed by atoms with Crippen LogP contribution in [0.3, 0.4) is 0 Å². The van der Waals surface area contributed by atoms with E-state index in [2.05, 4.69) is 17.2 Å². The zero-order valence-electron chi connectivity index (χ0n) is 18.1. The average Bonchev–Trinajstić information content (AvgIpc) is 3.09. The van der Waals surface area contributed by atoms with E-state index in [0.717, 1.165) is 30.0 Å². The lowest BCUT2D eigenvalue weighted by atomic mass is 9.92. The normalized spacial score (nSPS) is 18.4. The number of benzene rings is 1. The predicted molar refractivity (Wildman–Crippen MR) is 118 cm³/mol. The lowest BCUT2D eigenvalue weighted by Gasteiger charge is -2.28. The Morgan fingerprint density at radius 3 is 2.53 bits per heavy atom. The van der Waals surface area contributed by atoms with Crippen molar-refractivity contribution in [2.24, 2.45) is 5.92 Å². The molecule has 7 heteroatoms. The second-order valence-electron chi connectivity index (χ2n) is 7.76. The number of carbonyl (C=O) groups excluding carboxylic acids is 2. The molecule has 2 atom stereocenters. The highest BCUT2D eigenvalue weighted by atomic mass is 16.5. The lowest BCUT2D eigenvalue weighted by molar-refractivity contribution is -0.129. The summed E-state index contributed by atoms with van der Waals surface area (Å²) in [7, 11) is 5.44. The molecule has 1 aliphatic rings. The molecule has 0 bridgehead atoms. The largest absolute Gasteiger partial charge is 0.497 e. The minimum atomic E-state index is -0.462. The van der Waals surface area contributed by atoms with Crippen molar-refractivity contribution in [3.63, 3.8) is 0 Å². The van der Waals surface area contributed by atoms with Gasteiger partial charge in [-0.05, 0) is 36.2 Å². The predicted octanol–water partition coefficient (Wildman–Crippen LogP) is 3.48. The standard InChI is InChI=1S/C23H30N4O3/c1-5-6-13-27-21(28)14-19(22(27)16-7-10-18(30-4)11-8-16)23(29)25-17-9-12-20(24-15-17)26(2)3/h7-12,15,19,22H,5-6,13-14H2,1-4H3,(H,25,29). The first kappa shape index (κ1) is 21.6. The molecule has 1 aliphatic heterocycles. The fourth-order valence-electron chi connectivity index (χ4n) is 3.79. The van der Waals surface area contributed by atoms with Gasteiger partial charge in [0.15, 0.2) is 0 Å². The Morgan fingerprint density at radius 2 is 1.97 bits per heavy atom. The number of likely N-dealkylation sites (tertiary alicyclic amines) is 1. The Hall–Kier alpha value is -3.09. The highest BCUT2D eigenvalue weighted by Gasteiger charge is 2.44. The van der Waals surface area contributed by atoms with E-state index in [1.807, 2.05) is 60.3 Å². The van der Waals surface area contributed by atoms with Gasteiger partial charge in [0.05, 0.1) is 31.0 Å². The molecule has 3 rings (SSSR count). The average molecular weight is 411 g/mol. The van der Waals surface area contributed by atoms with Crippen LogP contribution in [0.15, 0.2) is 42.6 Å². The quantitative estimate of drug-likeness (QED) is 0.721. The maximum absolute atomic E-state index is 13.2. The molecule has 0 aliphatic carbocycles. The van der Waals surface area contributed by atoms with Crippen molar-refractivity contribution in [1.29, 1.82) is 0 Å². The number of hydrogen-bond acceptors (Lipinski definition) is 5. The first-order valence-corrected chi connectivity index (χ1v) is 10.3. The number of unbranched alkanes of at least 4 members (excludes halogenated alkanes) is 1. The van der Waals surface area contributed by atoms with Gasteiger partial charge in [-0.15, -0.1) is 0 Å². The molecular weight excluding hydrogens is 380 g/mol. The van der Waals surface area contributed by atoms with Gasteiger partial charge in [-0.2, -0.15) is 0 Å². The van der Waals surface area contributed by atoms with Gasteiger partial charge in [0, 0.05) is 27.1 Å². The molecule has 2 aromatic rings. The molecule has 1 saturated heterocycles. The van der Waals surface area contributed by atoms with E-state index in [4.69, 9.17) is 4.74 Å². The Bertz CT molecular complexity index is 865. The zero-order chi connectivity index (χ0) is 21.7. The van der Waals surface area contributed by atoms with Crippen LogP contribution in [0.5, 0.6) is 5.75 Å². The minimum absolute atomic E-state index is 0.0190. The Kier molecular flexibility index (Phi) is 6.92. The van der Waals surface area contributed by atoms with Crippen molar-refractivity contribution in [3.8, 4) is 5.75 Å². The molecule has 2 heterocycles. The number of anilines is 2. The Labute approximate surface area is 178 Å². The van der Waals surface area contributed by atoms with Crippen LogP contribution in [0.4, 0.5) is 11.5 Å². The summed E-state index contributed by atoms with van der Waals surface area (Å²) in [6.07, 6.45) is 3.74. The van der Waals surface area contributed by atoms with Crippen LogP contribution in [0.2, 0.25) is 0 Å². The fourth-order valence-corrected chi connectivity index (χ4v) is 3.79. The molecule has 0 saturated carbocycles. The van der Waals surface area contributed by atoms with E-state index in [1.54, 1.807) is 13.3 Å². The molecule has 1 N–H and O–H groups in total. The van der Waals surface area contributed by atoms with Gasteiger partial charge in [0.25, 0.3) is 0 Å². The van der Waals surface area contributed by atoms with Crippen LogP contribution in [-0.4, -0.2) is 49.4 Å². The van der Waals surface area contributed by atoms with Crippen LogP contribution in [0, 0.1) is 5.92 Å². The number of ether oxygens (including phenoxy) is 1. The van der Waals surface area contributed by atoms with E-state index in [9.17, 15) is 9.59 Å². The van der Waals surface area contributed by atoms with Gasteiger partial charge in [-0.1, -0.05) is 25.5 Å². The molecule has 30 heavy (non-hydrogen) atoms. The van der Waals surface area contributed by atoms with E-state index < -0.39 is 5.92 Å². The molecule has 0 spiro atoms. The summed E-state index contributed by atoms with van der Waals surface area (Å²) < 4.78 is 5.25. The molecule has 2 amide bonds. The van der Waals surface area contributed by atoms with Gasteiger partial charge in [0.1, 0.15) is 11.6 Å². The van der Waals surface area contributed by atoms with E-state index in [-0.39, 0.29) is 24.3 Å². The summed E-state index contributed by atoms with van der Waals surface area (Å²) in [6.45, 7) is 2.74. The van der Waals surface area contributed by atoms with Crippen molar-refractivity contribution in [1.82, 2.24) is 9.88 Å². The maximum atomic E-state index is 13.2. The third kappa shape index (κ3) is 4.72. The van der Waals surface area contributed by atoms with Gasteiger partial charge in [-0.3, -0.25) is 9.59 Å². The second-order valence-corrected chi connectivity index (χ2v) is 7.76. The molecule has 0 radical (unpaired) electrons. The molecule has 1 aromatic carbocycles. The number of nitrogens with one attached hydrogen (secondary N) is 1. The van der Waals surface area contributed by atoms with E-state index in [0.29, 0.717) is 12.2 Å². The number of rotatable bonds is 8. The molecule has 1 aromatic heterocycles. The van der Waals surface area contributed by atoms with Crippen molar-refractivity contribution in [2.75, 3.05) is 38.0 Å². The lowest BCUT2D eigenvalue weighted by Crippen LogP contribution is -2.33. The van der Waals surface area contributed by atoms with E-state index >= 15 is 0 Å². The summed E-state index contributed by atoms with van der Waals surface area (Å²) in [6, 6.07) is 11.0. The van der Waals surface area contributed by atoms with Crippen LogP contribution in [-0.2, 0) is 9.59 Å². The van der Waals surface area contributed by atoms with Gasteiger partial charge in [0.2, 0.25) is 11.8 Å². The molecule has 160 valence electrons. The number of methoxy groups -OCH3 is 1. The molecule has 2 unspecified atom stereocenters. The van der Waals surface area contributed by atoms with Crippen molar-refractivity contribution < 1.29 is 14.3 Å². The van der Waals surface area contributed by atoms with Crippen LogP contribution in [0.1, 0.15) is 37.8 Å². The second kappa shape index (κ2) is 9.61. The number of pyridine rings is 1. The van der Waals surface area contributed by atoms with Gasteiger partial charge in [-0.25, -0.2) is 4.98 Å².